The van der Waals surface area contributed by atoms with Crippen LogP contribution in [0.2, 0.25) is 0 Å². The first-order valence-electron chi connectivity index (χ1n) is 9.49. The van der Waals surface area contributed by atoms with Gasteiger partial charge in [-0.25, -0.2) is 4.68 Å². The lowest BCUT2D eigenvalue weighted by molar-refractivity contribution is 0.0516. The Morgan fingerprint density at radius 2 is 1.81 bits per heavy atom. The average Bonchev–Trinajstić information content (AvgIpc) is 3.25. The third-order valence-corrected chi connectivity index (χ3v) is 5.93. The minimum Gasteiger partial charge on any atom is -0.331 e. The van der Waals surface area contributed by atoms with E-state index in [1.807, 2.05) is 24.7 Å². The highest BCUT2D eigenvalue weighted by Crippen LogP contribution is 2.41. The van der Waals surface area contributed by atoms with Crippen LogP contribution in [0.15, 0.2) is 12.3 Å². The van der Waals surface area contributed by atoms with Crippen molar-refractivity contribution in [3.8, 4) is 0 Å². The molecule has 2 bridgehead atoms. The van der Waals surface area contributed by atoms with E-state index in [0.717, 1.165) is 37.1 Å². The monoisotopic (exact) mass is 356 g/mol. The topological polar surface area (TPSA) is 68.8 Å². The van der Waals surface area contributed by atoms with Crippen LogP contribution in [0.4, 0.5) is 0 Å². The van der Waals surface area contributed by atoms with Gasteiger partial charge in [0.15, 0.2) is 5.69 Å². The smallest absolute Gasteiger partial charge is 0.274 e. The SMILES string of the molecule is Cc1cc(C(=O)N2C3CCC2CC(n2cc(C(C)(C)C)nn2)C3)nn1C. The number of hydrogen-bond donors (Lipinski definition) is 0. The van der Waals surface area contributed by atoms with Gasteiger partial charge in [-0.15, -0.1) is 5.10 Å². The van der Waals surface area contributed by atoms with Gasteiger partial charge >= 0.3 is 0 Å². The van der Waals surface area contributed by atoms with Gasteiger partial charge in [-0.05, 0) is 38.7 Å². The van der Waals surface area contributed by atoms with Crippen molar-refractivity contribution in [2.75, 3.05) is 0 Å². The summed E-state index contributed by atoms with van der Waals surface area (Å²) in [6.07, 6.45) is 6.12. The fraction of sp³-hybridized carbons (Fsp3) is 0.684. The minimum atomic E-state index is 0.00470. The van der Waals surface area contributed by atoms with E-state index in [0.29, 0.717) is 11.7 Å². The molecule has 2 saturated heterocycles. The maximum Gasteiger partial charge on any atom is 0.274 e. The second-order valence-electron chi connectivity index (χ2n) is 8.85. The van der Waals surface area contributed by atoms with Gasteiger partial charge in [0.05, 0.1) is 11.7 Å². The summed E-state index contributed by atoms with van der Waals surface area (Å²) in [6.45, 7) is 8.44. The number of carbonyl (C=O) groups excluding carboxylic acids is 1. The number of aryl methyl sites for hydroxylation is 2. The number of fused-ring (bicyclic) bond motifs is 2. The van der Waals surface area contributed by atoms with Crippen molar-refractivity contribution in [1.29, 1.82) is 0 Å². The summed E-state index contributed by atoms with van der Waals surface area (Å²) in [6, 6.07) is 2.76. The highest BCUT2D eigenvalue weighted by atomic mass is 16.2. The maximum absolute atomic E-state index is 13.0. The van der Waals surface area contributed by atoms with Crippen molar-refractivity contribution in [2.24, 2.45) is 7.05 Å². The molecule has 2 aromatic heterocycles. The van der Waals surface area contributed by atoms with Crippen LogP contribution in [0.3, 0.4) is 0 Å². The van der Waals surface area contributed by atoms with Crippen molar-refractivity contribution in [3.05, 3.63) is 29.3 Å². The number of piperidine rings is 1. The summed E-state index contributed by atoms with van der Waals surface area (Å²) in [4.78, 5) is 15.1. The second-order valence-corrected chi connectivity index (χ2v) is 8.85. The summed E-state index contributed by atoms with van der Waals surface area (Å²) in [5.41, 5.74) is 2.60. The Balaban J connectivity index is 1.52. The lowest BCUT2D eigenvalue weighted by Gasteiger charge is -2.38. The Hall–Kier alpha value is -2.18. The van der Waals surface area contributed by atoms with Gasteiger partial charge in [-0.2, -0.15) is 5.10 Å². The number of hydrogen-bond acceptors (Lipinski definition) is 4. The van der Waals surface area contributed by atoms with E-state index in [1.54, 1.807) is 4.68 Å². The number of carbonyl (C=O) groups is 1. The Bertz CT molecular complexity index is 796. The normalized spacial score (nSPS) is 25.7. The van der Waals surface area contributed by atoms with Gasteiger partial charge in [0.25, 0.3) is 5.91 Å². The highest BCUT2D eigenvalue weighted by molar-refractivity contribution is 5.93. The van der Waals surface area contributed by atoms with E-state index in [1.165, 1.54) is 0 Å². The van der Waals surface area contributed by atoms with Crippen LogP contribution in [0.25, 0.3) is 0 Å². The summed E-state index contributed by atoms with van der Waals surface area (Å²) in [7, 11) is 1.88. The molecule has 2 aliphatic rings. The first-order valence-corrected chi connectivity index (χ1v) is 9.49. The molecule has 1 amide bonds. The zero-order chi connectivity index (χ0) is 18.6. The van der Waals surface area contributed by atoms with Crippen molar-refractivity contribution >= 4 is 5.91 Å². The van der Waals surface area contributed by atoms with Gasteiger partial charge < -0.3 is 4.90 Å². The predicted molar refractivity (Wildman–Crippen MR) is 97.9 cm³/mol. The molecule has 0 N–H and O–H groups in total. The summed E-state index contributed by atoms with van der Waals surface area (Å²) >= 11 is 0. The van der Waals surface area contributed by atoms with Crippen molar-refractivity contribution in [3.63, 3.8) is 0 Å². The molecule has 140 valence electrons. The van der Waals surface area contributed by atoms with Gasteiger partial charge in [0, 0.05) is 36.4 Å². The fourth-order valence-electron chi connectivity index (χ4n) is 4.29. The standard InChI is InChI=1S/C19H28N6O/c1-12-8-16(21-23(12)5)18(26)25-13-6-7-14(25)10-15(9-13)24-11-17(20-22-24)19(2,3)4/h8,11,13-15H,6-7,9-10H2,1-5H3. The molecule has 0 radical (unpaired) electrons. The van der Waals surface area contributed by atoms with Crippen LogP contribution in [-0.4, -0.2) is 47.7 Å². The first-order chi connectivity index (χ1) is 12.2. The van der Waals surface area contributed by atoms with Crippen molar-refractivity contribution in [1.82, 2.24) is 29.7 Å². The average molecular weight is 356 g/mol. The number of rotatable bonds is 2. The first kappa shape index (κ1) is 17.2. The summed E-state index contributed by atoms with van der Waals surface area (Å²) in [5.74, 6) is 0.0774. The number of aromatic nitrogens is 5. The Morgan fingerprint density at radius 1 is 1.15 bits per heavy atom. The largest absolute Gasteiger partial charge is 0.331 e. The molecule has 2 aliphatic heterocycles. The third kappa shape index (κ3) is 2.83. The van der Waals surface area contributed by atoms with Crippen LogP contribution in [-0.2, 0) is 12.5 Å². The molecule has 0 aliphatic carbocycles. The second kappa shape index (κ2) is 5.93. The van der Waals surface area contributed by atoms with Crippen LogP contribution in [0.1, 0.15) is 74.4 Å². The molecule has 2 fully saturated rings. The summed E-state index contributed by atoms with van der Waals surface area (Å²) in [5, 5.41) is 13.1. The molecule has 4 heterocycles. The van der Waals surface area contributed by atoms with E-state index >= 15 is 0 Å². The molecular formula is C19H28N6O. The van der Waals surface area contributed by atoms with E-state index in [4.69, 9.17) is 0 Å². The molecular weight excluding hydrogens is 328 g/mol. The van der Waals surface area contributed by atoms with Gasteiger partial charge in [0.1, 0.15) is 0 Å². The zero-order valence-corrected chi connectivity index (χ0v) is 16.3. The molecule has 0 aromatic carbocycles. The molecule has 4 rings (SSSR count). The maximum atomic E-state index is 13.0. The zero-order valence-electron chi connectivity index (χ0n) is 16.3. The summed E-state index contributed by atoms with van der Waals surface area (Å²) < 4.78 is 3.80. The molecule has 2 unspecified atom stereocenters. The molecule has 7 nitrogen and oxygen atoms in total. The van der Waals surface area contributed by atoms with Crippen molar-refractivity contribution in [2.45, 2.75) is 76.9 Å². The predicted octanol–water partition coefficient (Wildman–Crippen LogP) is 2.63. The van der Waals surface area contributed by atoms with E-state index in [2.05, 4.69) is 47.3 Å². The number of amides is 1. The van der Waals surface area contributed by atoms with Gasteiger partial charge in [-0.1, -0.05) is 26.0 Å². The molecule has 26 heavy (non-hydrogen) atoms. The highest BCUT2D eigenvalue weighted by Gasteiger charge is 2.44. The van der Waals surface area contributed by atoms with Crippen LogP contribution < -0.4 is 0 Å². The molecule has 0 spiro atoms. The minimum absolute atomic E-state index is 0.00470. The van der Waals surface area contributed by atoms with Crippen LogP contribution >= 0.6 is 0 Å². The Kier molecular flexibility index (Phi) is 3.93. The Morgan fingerprint density at radius 3 is 2.31 bits per heavy atom. The molecule has 2 aromatic rings. The quantitative estimate of drug-likeness (QED) is 0.829. The van der Waals surface area contributed by atoms with E-state index in [-0.39, 0.29) is 23.4 Å². The number of nitrogens with zero attached hydrogens (tertiary/aromatic N) is 6. The van der Waals surface area contributed by atoms with Gasteiger partial charge in [-0.3, -0.25) is 9.48 Å². The molecule has 0 saturated carbocycles. The molecule has 7 heteroatoms. The third-order valence-electron chi connectivity index (χ3n) is 5.93. The van der Waals surface area contributed by atoms with Crippen LogP contribution in [0.5, 0.6) is 0 Å². The van der Waals surface area contributed by atoms with E-state index < -0.39 is 0 Å². The van der Waals surface area contributed by atoms with Crippen LogP contribution in [0, 0.1) is 6.92 Å². The lowest BCUT2D eigenvalue weighted by Crippen LogP contribution is -2.47. The fourth-order valence-corrected chi connectivity index (χ4v) is 4.29. The van der Waals surface area contributed by atoms with Gasteiger partial charge in [0.2, 0.25) is 0 Å². The van der Waals surface area contributed by atoms with E-state index in [9.17, 15) is 4.79 Å². The van der Waals surface area contributed by atoms with Crippen molar-refractivity contribution < 1.29 is 4.79 Å². The molecule has 2 atom stereocenters. The Labute approximate surface area is 154 Å². The lowest BCUT2D eigenvalue weighted by atomic mass is 9.93.